The first-order chi connectivity index (χ1) is 10.2. The van der Waals surface area contributed by atoms with E-state index in [1.54, 1.807) is 0 Å². The van der Waals surface area contributed by atoms with E-state index in [0.717, 1.165) is 30.3 Å². The van der Waals surface area contributed by atoms with Crippen LogP contribution in [0.15, 0.2) is 0 Å². The van der Waals surface area contributed by atoms with E-state index in [1.807, 2.05) is 6.07 Å². The van der Waals surface area contributed by atoms with E-state index < -0.39 is 5.97 Å². The van der Waals surface area contributed by atoms with Crippen LogP contribution < -0.4 is 11.1 Å². The van der Waals surface area contributed by atoms with Crippen LogP contribution in [0.4, 0.5) is 10.7 Å². The number of methoxy groups -OCH3 is 1. The predicted molar refractivity (Wildman–Crippen MR) is 81.4 cm³/mol. The highest BCUT2D eigenvalue weighted by Crippen LogP contribution is 2.35. The number of hydrogen-bond donors (Lipinski definition) is 2. The van der Waals surface area contributed by atoms with Gasteiger partial charge in [0.05, 0.1) is 12.8 Å². The number of carbonyl (C=O) groups excluding carboxylic acids is 1. The monoisotopic (exact) mass is 309 g/mol. The first kappa shape index (κ1) is 15.6. The van der Waals surface area contributed by atoms with Crippen molar-refractivity contribution >= 4 is 28.0 Å². The van der Waals surface area contributed by atoms with Crippen LogP contribution in [0.3, 0.4) is 0 Å². The zero-order valence-electron chi connectivity index (χ0n) is 12.0. The molecule has 1 aromatic heterocycles. The highest BCUT2D eigenvalue weighted by atomic mass is 32.1. The Morgan fingerprint density at radius 1 is 1.57 bits per heavy atom. The number of carbonyl (C=O) groups is 1. The number of anilines is 2. The van der Waals surface area contributed by atoms with Gasteiger partial charge < -0.3 is 20.5 Å². The van der Waals surface area contributed by atoms with Gasteiger partial charge in [0.2, 0.25) is 0 Å². The van der Waals surface area contributed by atoms with Crippen LogP contribution in [0.25, 0.3) is 0 Å². The van der Waals surface area contributed by atoms with Gasteiger partial charge in [-0.25, -0.2) is 4.79 Å². The van der Waals surface area contributed by atoms with Crippen LogP contribution in [0, 0.1) is 17.2 Å². The number of rotatable bonds is 8. The molecule has 21 heavy (non-hydrogen) atoms. The minimum absolute atomic E-state index is 0.182. The Hall–Kier alpha value is -1.78. The second-order valence-electron chi connectivity index (χ2n) is 4.95. The number of thiophene rings is 1. The van der Waals surface area contributed by atoms with Crippen molar-refractivity contribution < 1.29 is 14.3 Å². The van der Waals surface area contributed by atoms with Crippen molar-refractivity contribution in [1.82, 2.24) is 0 Å². The van der Waals surface area contributed by atoms with E-state index >= 15 is 0 Å². The number of nitrogens with two attached hydrogens (primary N) is 1. The molecule has 1 aliphatic carbocycles. The number of hydrogen-bond acceptors (Lipinski definition) is 7. The molecule has 6 nitrogen and oxygen atoms in total. The van der Waals surface area contributed by atoms with Gasteiger partial charge in [0.25, 0.3) is 0 Å². The molecule has 0 unspecified atom stereocenters. The average molecular weight is 309 g/mol. The molecule has 0 aromatic carbocycles. The molecule has 0 spiro atoms. The summed E-state index contributed by atoms with van der Waals surface area (Å²) in [6.07, 6.45) is 3.41. The normalized spacial score (nSPS) is 13.7. The first-order valence-electron chi connectivity index (χ1n) is 6.89. The minimum atomic E-state index is -0.519. The van der Waals surface area contributed by atoms with Gasteiger partial charge in [-0.1, -0.05) is 0 Å². The van der Waals surface area contributed by atoms with Crippen LogP contribution in [-0.2, 0) is 9.47 Å². The quantitative estimate of drug-likeness (QED) is 0.564. The Balaban J connectivity index is 1.83. The fraction of sp³-hybridized carbons (Fsp3) is 0.571. The van der Waals surface area contributed by atoms with Gasteiger partial charge in [0.15, 0.2) is 0 Å². The van der Waals surface area contributed by atoms with E-state index in [9.17, 15) is 4.79 Å². The fourth-order valence-corrected chi connectivity index (χ4v) is 2.85. The Labute approximate surface area is 127 Å². The summed E-state index contributed by atoms with van der Waals surface area (Å²) in [5.41, 5.74) is 6.29. The van der Waals surface area contributed by atoms with Crippen molar-refractivity contribution in [3.05, 3.63) is 10.4 Å². The Morgan fingerprint density at radius 3 is 2.95 bits per heavy atom. The molecule has 1 saturated carbocycles. The molecule has 0 bridgehead atoms. The molecule has 2 rings (SSSR count). The number of nitrogens with zero attached hydrogens (tertiary/aromatic N) is 1. The van der Waals surface area contributed by atoms with Crippen LogP contribution >= 0.6 is 11.3 Å². The molecule has 1 fully saturated rings. The van der Waals surface area contributed by atoms with Crippen LogP contribution in [0.5, 0.6) is 0 Å². The molecular weight excluding hydrogens is 290 g/mol. The average Bonchev–Trinajstić information content (AvgIpc) is 3.25. The molecule has 1 aromatic rings. The first-order valence-corrected chi connectivity index (χ1v) is 7.71. The molecule has 1 aliphatic rings. The van der Waals surface area contributed by atoms with Gasteiger partial charge in [0, 0.05) is 19.8 Å². The van der Waals surface area contributed by atoms with E-state index in [1.165, 1.54) is 20.0 Å². The Bertz CT molecular complexity index is 546. The van der Waals surface area contributed by atoms with Crippen LogP contribution in [0.2, 0.25) is 0 Å². The van der Waals surface area contributed by atoms with Crippen LogP contribution in [0.1, 0.15) is 34.5 Å². The molecule has 0 amide bonds. The van der Waals surface area contributed by atoms with Crippen molar-refractivity contribution in [2.45, 2.75) is 19.3 Å². The van der Waals surface area contributed by atoms with Crippen molar-refractivity contribution in [2.24, 2.45) is 5.92 Å². The highest BCUT2D eigenvalue weighted by Gasteiger charge is 2.22. The number of nitrogens with one attached hydrogen (secondary N) is 1. The molecule has 114 valence electrons. The summed E-state index contributed by atoms with van der Waals surface area (Å²) < 4.78 is 10.2. The lowest BCUT2D eigenvalue weighted by molar-refractivity contribution is 0.0607. The van der Waals surface area contributed by atoms with Gasteiger partial charge in [-0.3, -0.25) is 0 Å². The summed E-state index contributed by atoms with van der Waals surface area (Å²) in [6.45, 7) is 2.21. The molecule has 1 heterocycles. The zero-order valence-corrected chi connectivity index (χ0v) is 12.8. The largest absolute Gasteiger partial charge is 0.465 e. The summed E-state index contributed by atoms with van der Waals surface area (Å²) in [5, 5.41) is 12.9. The molecule has 0 radical (unpaired) electrons. The third-order valence-corrected chi connectivity index (χ3v) is 4.37. The number of nitriles is 1. The second kappa shape index (κ2) is 7.29. The van der Waals surface area contributed by atoms with Gasteiger partial charge in [-0.15, -0.1) is 11.3 Å². The van der Waals surface area contributed by atoms with E-state index in [0.29, 0.717) is 23.7 Å². The van der Waals surface area contributed by atoms with Crippen molar-refractivity contribution in [1.29, 1.82) is 5.26 Å². The molecule has 0 atom stereocenters. The van der Waals surface area contributed by atoms with Crippen molar-refractivity contribution in [3.63, 3.8) is 0 Å². The molecule has 3 N–H and O–H groups in total. The maximum Gasteiger partial charge on any atom is 0.350 e. The van der Waals surface area contributed by atoms with E-state index in [-0.39, 0.29) is 10.6 Å². The number of ether oxygens (including phenoxy) is 2. The third-order valence-electron chi connectivity index (χ3n) is 3.23. The van der Waals surface area contributed by atoms with E-state index in [2.05, 4.69) is 10.1 Å². The summed E-state index contributed by atoms with van der Waals surface area (Å²) >= 11 is 1.15. The minimum Gasteiger partial charge on any atom is -0.465 e. The topological polar surface area (TPSA) is 97.4 Å². The number of nitrogen functional groups attached to an aromatic ring is 1. The maximum absolute atomic E-state index is 11.6. The highest BCUT2D eigenvalue weighted by molar-refractivity contribution is 7.18. The van der Waals surface area contributed by atoms with Crippen molar-refractivity contribution in [2.75, 3.05) is 37.9 Å². The van der Waals surface area contributed by atoms with E-state index in [4.69, 9.17) is 15.7 Å². The third kappa shape index (κ3) is 4.09. The molecule has 0 saturated heterocycles. The van der Waals surface area contributed by atoms with Gasteiger partial charge in [-0.2, -0.15) is 5.26 Å². The standard InChI is InChI=1S/C14H19N3O3S/c1-19-14(18)12-11(16)10(7-15)13(21-12)17-5-2-6-20-8-9-3-4-9/h9,17H,2-6,8,16H2,1H3. The molecule has 0 aliphatic heterocycles. The van der Waals surface area contributed by atoms with Gasteiger partial charge in [-0.05, 0) is 25.2 Å². The SMILES string of the molecule is COC(=O)c1sc(NCCCOCC2CC2)c(C#N)c1N. The summed E-state index contributed by atoms with van der Waals surface area (Å²) in [4.78, 5) is 11.8. The number of esters is 1. The molecular formula is C14H19N3O3S. The van der Waals surface area contributed by atoms with Crippen molar-refractivity contribution in [3.8, 4) is 6.07 Å². The van der Waals surface area contributed by atoms with Gasteiger partial charge in [0.1, 0.15) is 21.5 Å². The fourth-order valence-electron chi connectivity index (χ4n) is 1.83. The van der Waals surface area contributed by atoms with Crippen LogP contribution in [-0.4, -0.2) is 32.8 Å². The Morgan fingerprint density at radius 2 is 2.33 bits per heavy atom. The zero-order chi connectivity index (χ0) is 15.2. The summed E-state index contributed by atoms with van der Waals surface area (Å²) in [6, 6.07) is 2.02. The lowest BCUT2D eigenvalue weighted by Gasteiger charge is -2.05. The summed E-state index contributed by atoms with van der Waals surface area (Å²) in [5.74, 6) is 0.248. The molecule has 7 heteroatoms. The Kier molecular flexibility index (Phi) is 5.42. The lowest BCUT2D eigenvalue weighted by Crippen LogP contribution is -2.06. The smallest absolute Gasteiger partial charge is 0.350 e. The van der Waals surface area contributed by atoms with Gasteiger partial charge >= 0.3 is 5.97 Å². The lowest BCUT2D eigenvalue weighted by atomic mass is 10.2. The predicted octanol–water partition coefficient (Wildman–Crippen LogP) is 2.22. The second-order valence-corrected chi connectivity index (χ2v) is 5.97. The summed E-state index contributed by atoms with van der Waals surface area (Å²) in [7, 11) is 1.29. The maximum atomic E-state index is 11.6.